The van der Waals surface area contributed by atoms with Crippen molar-refractivity contribution < 1.29 is 17.9 Å². The van der Waals surface area contributed by atoms with Gasteiger partial charge in [0.2, 0.25) is 5.95 Å². The van der Waals surface area contributed by atoms with Gasteiger partial charge in [-0.3, -0.25) is 9.36 Å². The number of benzene rings is 1. The SMILES string of the molecule is C[C@H]1CC2(CCN(c3nc(N)c(Sc4cccc(N)c4C(F)(F)F)c(=O)n3C)CC2)CO1. The van der Waals surface area contributed by atoms with Crippen molar-refractivity contribution in [2.75, 3.05) is 36.1 Å². The molecular weight excluding hydrogens is 443 g/mol. The second kappa shape index (κ2) is 8.18. The summed E-state index contributed by atoms with van der Waals surface area (Å²) < 4.78 is 47.6. The number of nitrogen functional groups attached to an aromatic ring is 2. The summed E-state index contributed by atoms with van der Waals surface area (Å²) in [6, 6.07) is 3.85. The van der Waals surface area contributed by atoms with Crippen LogP contribution in [-0.4, -0.2) is 35.4 Å². The third-order valence-corrected chi connectivity index (χ3v) is 7.46. The van der Waals surface area contributed by atoms with Crippen LogP contribution in [0.4, 0.5) is 30.6 Å². The first-order valence-corrected chi connectivity index (χ1v) is 11.2. The number of aromatic nitrogens is 2. The Morgan fingerprint density at radius 1 is 1.25 bits per heavy atom. The van der Waals surface area contributed by atoms with Crippen molar-refractivity contribution in [1.29, 1.82) is 0 Å². The van der Waals surface area contributed by atoms with Gasteiger partial charge in [0.25, 0.3) is 5.56 Å². The molecule has 1 aromatic carbocycles. The average Bonchev–Trinajstić information content (AvgIpc) is 3.08. The molecule has 32 heavy (non-hydrogen) atoms. The van der Waals surface area contributed by atoms with Gasteiger partial charge in [-0.1, -0.05) is 17.8 Å². The van der Waals surface area contributed by atoms with E-state index in [0.29, 0.717) is 30.8 Å². The van der Waals surface area contributed by atoms with E-state index in [1.807, 2.05) is 4.90 Å². The molecule has 0 bridgehead atoms. The van der Waals surface area contributed by atoms with Gasteiger partial charge in [-0.25, -0.2) is 0 Å². The number of halogens is 3. The highest BCUT2D eigenvalue weighted by molar-refractivity contribution is 7.99. The molecule has 1 atom stereocenters. The zero-order valence-electron chi connectivity index (χ0n) is 17.9. The minimum absolute atomic E-state index is 0.0566. The smallest absolute Gasteiger partial charge is 0.398 e. The molecule has 3 heterocycles. The van der Waals surface area contributed by atoms with Gasteiger partial charge in [-0.15, -0.1) is 0 Å². The topological polar surface area (TPSA) is 99.4 Å². The molecule has 2 aliphatic rings. The predicted octanol–water partition coefficient (Wildman–Crippen LogP) is 3.51. The lowest BCUT2D eigenvalue weighted by Gasteiger charge is -2.39. The fourth-order valence-corrected chi connectivity index (χ4v) is 5.66. The first kappa shape index (κ1) is 22.8. The number of piperidine rings is 1. The van der Waals surface area contributed by atoms with E-state index in [0.717, 1.165) is 25.9 Å². The standard InChI is InChI=1S/C21H26F3N5O2S/c1-12-10-20(11-31-12)6-8-29(9-7-20)19-27-17(26)16(18(30)28(19)2)32-14-5-3-4-13(25)15(14)21(22,23)24/h3-5,12H,6-11,25-26H2,1-2H3/t12-/m0/s1. The van der Waals surface area contributed by atoms with E-state index in [2.05, 4.69) is 11.9 Å². The Labute approximate surface area is 187 Å². The van der Waals surface area contributed by atoms with Crippen molar-refractivity contribution in [2.45, 2.75) is 48.3 Å². The van der Waals surface area contributed by atoms with Crippen molar-refractivity contribution in [2.24, 2.45) is 12.5 Å². The molecule has 0 unspecified atom stereocenters. The molecule has 2 aromatic rings. The Morgan fingerprint density at radius 2 is 1.94 bits per heavy atom. The largest absolute Gasteiger partial charge is 0.419 e. The lowest BCUT2D eigenvalue weighted by atomic mass is 9.77. The number of ether oxygens (including phenoxy) is 1. The molecule has 4 N–H and O–H groups in total. The Morgan fingerprint density at radius 3 is 2.53 bits per heavy atom. The zero-order valence-corrected chi connectivity index (χ0v) is 18.7. The van der Waals surface area contributed by atoms with Crippen LogP contribution in [0.1, 0.15) is 31.7 Å². The summed E-state index contributed by atoms with van der Waals surface area (Å²) in [5, 5.41) is 0. The molecule has 1 spiro atoms. The minimum atomic E-state index is -4.66. The van der Waals surface area contributed by atoms with Crippen molar-refractivity contribution >= 4 is 29.2 Å². The highest BCUT2D eigenvalue weighted by atomic mass is 32.2. The summed E-state index contributed by atoms with van der Waals surface area (Å²) in [6.07, 6.45) is -1.55. The number of hydrogen-bond donors (Lipinski definition) is 2. The maximum atomic E-state index is 13.5. The monoisotopic (exact) mass is 469 g/mol. The highest BCUT2D eigenvalue weighted by Crippen LogP contribution is 2.44. The number of alkyl halides is 3. The molecule has 174 valence electrons. The maximum Gasteiger partial charge on any atom is 0.419 e. The summed E-state index contributed by atoms with van der Waals surface area (Å²) in [5.41, 5.74) is 9.92. The summed E-state index contributed by atoms with van der Waals surface area (Å²) in [5.74, 6) is 0.323. The van der Waals surface area contributed by atoms with Gasteiger partial charge < -0.3 is 21.1 Å². The molecule has 0 amide bonds. The number of nitrogens with two attached hydrogens (primary N) is 2. The average molecular weight is 470 g/mol. The van der Waals surface area contributed by atoms with Crippen LogP contribution in [0.3, 0.4) is 0 Å². The Bertz CT molecular complexity index is 1080. The van der Waals surface area contributed by atoms with Gasteiger partial charge in [-0.05, 0) is 43.7 Å². The highest BCUT2D eigenvalue weighted by Gasteiger charge is 2.41. The fourth-order valence-electron chi connectivity index (χ4n) is 4.59. The molecule has 2 aliphatic heterocycles. The second-order valence-electron chi connectivity index (χ2n) is 8.62. The van der Waals surface area contributed by atoms with E-state index in [1.54, 1.807) is 7.05 Å². The summed E-state index contributed by atoms with van der Waals surface area (Å²) in [7, 11) is 1.56. The van der Waals surface area contributed by atoms with E-state index in [9.17, 15) is 18.0 Å². The molecule has 0 saturated carbocycles. The molecule has 11 heteroatoms. The van der Waals surface area contributed by atoms with E-state index >= 15 is 0 Å². The Balaban J connectivity index is 1.61. The molecule has 0 aliphatic carbocycles. The van der Waals surface area contributed by atoms with Crippen LogP contribution < -0.4 is 21.9 Å². The molecule has 7 nitrogen and oxygen atoms in total. The summed E-state index contributed by atoms with van der Waals surface area (Å²) >= 11 is 0.638. The lowest BCUT2D eigenvalue weighted by Crippen LogP contribution is -2.43. The van der Waals surface area contributed by atoms with Crippen molar-refractivity contribution in [3.63, 3.8) is 0 Å². The van der Waals surface area contributed by atoms with Crippen LogP contribution in [0.2, 0.25) is 0 Å². The summed E-state index contributed by atoms with van der Waals surface area (Å²) in [4.78, 5) is 19.2. The molecule has 4 rings (SSSR count). The van der Waals surface area contributed by atoms with E-state index in [4.69, 9.17) is 16.2 Å². The minimum Gasteiger partial charge on any atom is -0.398 e. The predicted molar refractivity (Wildman–Crippen MR) is 118 cm³/mol. The van der Waals surface area contributed by atoms with Crippen molar-refractivity contribution in [3.05, 3.63) is 34.1 Å². The fraction of sp³-hybridized carbons (Fsp3) is 0.524. The number of nitrogens with zero attached hydrogens (tertiary/aromatic N) is 3. The van der Waals surface area contributed by atoms with Crippen molar-refractivity contribution in [3.8, 4) is 0 Å². The van der Waals surface area contributed by atoms with Gasteiger partial charge in [0.1, 0.15) is 10.7 Å². The van der Waals surface area contributed by atoms with Crippen molar-refractivity contribution in [1.82, 2.24) is 9.55 Å². The molecule has 1 aromatic heterocycles. The van der Waals surface area contributed by atoms with Gasteiger partial charge >= 0.3 is 6.18 Å². The maximum absolute atomic E-state index is 13.5. The van der Waals surface area contributed by atoms with Crippen LogP contribution in [0.25, 0.3) is 0 Å². The first-order chi connectivity index (χ1) is 15.0. The lowest BCUT2D eigenvalue weighted by molar-refractivity contribution is -0.139. The van der Waals surface area contributed by atoms with Crippen LogP contribution in [-0.2, 0) is 18.0 Å². The first-order valence-electron chi connectivity index (χ1n) is 10.4. The number of rotatable bonds is 3. The van der Waals surface area contributed by atoms with Crippen LogP contribution in [0, 0.1) is 5.41 Å². The zero-order chi connectivity index (χ0) is 23.3. The van der Waals surface area contributed by atoms with Crippen LogP contribution in [0.15, 0.2) is 32.8 Å². The normalized spacial score (nSPS) is 20.8. The van der Waals surface area contributed by atoms with Gasteiger partial charge in [-0.2, -0.15) is 18.2 Å². The van der Waals surface area contributed by atoms with Gasteiger partial charge in [0, 0.05) is 30.7 Å². The van der Waals surface area contributed by atoms with E-state index in [1.165, 1.54) is 22.8 Å². The third kappa shape index (κ3) is 4.15. The van der Waals surface area contributed by atoms with Crippen LogP contribution in [0.5, 0.6) is 0 Å². The summed E-state index contributed by atoms with van der Waals surface area (Å²) in [6.45, 7) is 4.23. The number of anilines is 3. The molecule has 2 saturated heterocycles. The Kier molecular flexibility index (Phi) is 5.83. The third-order valence-electron chi connectivity index (χ3n) is 6.31. The van der Waals surface area contributed by atoms with E-state index < -0.39 is 23.0 Å². The second-order valence-corrected chi connectivity index (χ2v) is 9.68. The molecule has 0 radical (unpaired) electrons. The van der Waals surface area contributed by atoms with Crippen LogP contribution >= 0.6 is 11.8 Å². The quantitative estimate of drug-likeness (QED) is 0.664. The molecule has 2 fully saturated rings. The number of hydrogen-bond acceptors (Lipinski definition) is 7. The Hall–Kier alpha value is -2.40. The molecular formula is C21H26F3N5O2S. The van der Waals surface area contributed by atoms with Gasteiger partial charge in [0.05, 0.1) is 18.3 Å². The van der Waals surface area contributed by atoms with E-state index in [-0.39, 0.29) is 27.1 Å². The van der Waals surface area contributed by atoms with Gasteiger partial charge in [0.15, 0.2) is 0 Å².